The Morgan fingerprint density at radius 1 is 1.15 bits per heavy atom. The molecule has 1 aromatic rings. The number of hydrogen-bond donors (Lipinski definition) is 1. The molecule has 1 saturated heterocycles. The molecule has 1 N–H and O–H groups in total. The van der Waals surface area contributed by atoms with Crippen molar-refractivity contribution in [2.24, 2.45) is 5.92 Å². The van der Waals surface area contributed by atoms with E-state index in [9.17, 15) is 0 Å². The fourth-order valence-electron chi connectivity index (χ4n) is 3.53. The van der Waals surface area contributed by atoms with E-state index in [4.69, 9.17) is 0 Å². The average molecular weight is 272 g/mol. The first-order chi connectivity index (χ1) is 9.81. The van der Waals surface area contributed by atoms with Crippen LogP contribution in [-0.2, 0) is 6.54 Å². The van der Waals surface area contributed by atoms with E-state index in [0.717, 1.165) is 12.5 Å². The number of nitrogens with zero attached hydrogens (tertiary/aromatic N) is 1. The number of anilines is 1. The fourth-order valence-corrected chi connectivity index (χ4v) is 3.53. The molecule has 20 heavy (non-hydrogen) atoms. The molecule has 1 saturated carbocycles. The van der Waals surface area contributed by atoms with Crippen LogP contribution in [0.3, 0.4) is 0 Å². The molecule has 0 radical (unpaired) electrons. The van der Waals surface area contributed by atoms with Gasteiger partial charge in [-0.1, -0.05) is 37.5 Å². The summed E-state index contributed by atoms with van der Waals surface area (Å²) < 4.78 is 0. The summed E-state index contributed by atoms with van der Waals surface area (Å²) in [5.74, 6) is 0.975. The van der Waals surface area contributed by atoms with Crippen LogP contribution in [0.2, 0.25) is 0 Å². The Labute approximate surface area is 123 Å². The monoisotopic (exact) mass is 272 g/mol. The van der Waals surface area contributed by atoms with Crippen molar-refractivity contribution in [2.75, 3.05) is 18.4 Å². The molecule has 0 aromatic heterocycles. The Kier molecular flexibility index (Phi) is 4.62. The van der Waals surface area contributed by atoms with Crippen LogP contribution in [0.1, 0.15) is 51.0 Å². The highest BCUT2D eigenvalue weighted by Crippen LogP contribution is 2.31. The third-order valence-corrected chi connectivity index (χ3v) is 4.92. The molecule has 3 rings (SSSR count). The maximum absolute atomic E-state index is 3.76. The van der Waals surface area contributed by atoms with Crippen molar-refractivity contribution in [1.29, 1.82) is 0 Å². The van der Waals surface area contributed by atoms with Gasteiger partial charge in [-0.05, 0) is 56.8 Å². The Balaban J connectivity index is 1.59. The van der Waals surface area contributed by atoms with Gasteiger partial charge in [0.05, 0.1) is 0 Å². The molecule has 2 fully saturated rings. The normalized spacial score (nSPS) is 21.6. The summed E-state index contributed by atoms with van der Waals surface area (Å²) in [4.78, 5) is 2.58. The largest absolute Gasteiger partial charge is 0.382 e. The molecule has 1 heterocycles. The standard InChI is InChI=1S/C18H28N2/c1-15(13-16-7-6-8-16)19-18-10-3-2-9-17(18)14-20-11-4-5-12-20/h2-3,9-10,15-16,19H,4-8,11-14H2,1H3. The number of nitrogens with one attached hydrogen (secondary N) is 1. The fraction of sp³-hybridized carbons (Fsp3) is 0.667. The van der Waals surface area contributed by atoms with Crippen LogP contribution in [0.15, 0.2) is 24.3 Å². The smallest absolute Gasteiger partial charge is 0.0387 e. The van der Waals surface area contributed by atoms with Gasteiger partial charge < -0.3 is 5.32 Å². The molecular formula is C18H28N2. The number of likely N-dealkylation sites (tertiary alicyclic amines) is 1. The van der Waals surface area contributed by atoms with Gasteiger partial charge in [-0.2, -0.15) is 0 Å². The van der Waals surface area contributed by atoms with Gasteiger partial charge in [-0.25, -0.2) is 0 Å². The van der Waals surface area contributed by atoms with Gasteiger partial charge in [0, 0.05) is 18.3 Å². The summed E-state index contributed by atoms with van der Waals surface area (Å²) in [5.41, 5.74) is 2.82. The lowest BCUT2D eigenvalue weighted by molar-refractivity contribution is 0.285. The first-order valence-corrected chi connectivity index (χ1v) is 8.38. The number of hydrogen-bond acceptors (Lipinski definition) is 2. The highest BCUT2D eigenvalue weighted by molar-refractivity contribution is 5.51. The second-order valence-electron chi connectivity index (χ2n) is 6.72. The lowest BCUT2D eigenvalue weighted by Crippen LogP contribution is -2.25. The Bertz CT molecular complexity index is 419. The predicted molar refractivity (Wildman–Crippen MR) is 86.0 cm³/mol. The van der Waals surface area contributed by atoms with E-state index in [1.54, 1.807) is 0 Å². The molecule has 110 valence electrons. The van der Waals surface area contributed by atoms with Crippen molar-refractivity contribution in [3.05, 3.63) is 29.8 Å². The minimum absolute atomic E-state index is 0.597. The van der Waals surface area contributed by atoms with Crippen LogP contribution >= 0.6 is 0 Å². The van der Waals surface area contributed by atoms with Gasteiger partial charge in [0.1, 0.15) is 0 Å². The predicted octanol–water partition coefficient (Wildman–Crippen LogP) is 4.27. The number of para-hydroxylation sites is 1. The van der Waals surface area contributed by atoms with Crippen molar-refractivity contribution in [1.82, 2.24) is 4.90 Å². The van der Waals surface area contributed by atoms with Crippen molar-refractivity contribution >= 4 is 5.69 Å². The molecule has 1 aliphatic carbocycles. The summed E-state index contributed by atoms with van der Waals surface area (Å²) in [5, 5.41) is 3.76. The first kappa shape index (κ1) is 13.9. The number of benzene rings is 1. The highest BCUT2D eigenvalue weighted by atomic mass is 15.1. The zero-order valence-corrected chi connectivity index (χ0v) is 12.8. The summed E-state index contributed by atoms with van der Waals surface area (Å²) in [6.45, 7) is 5.99. The van der Waals surface area contributed by atoms with Gasteiger partial charge in [0.25, 0.3) is 0 Å². The molecular weight excluding hydrogens is 244 g/mol. The van der Waals surface area contributed by atoms with Gasteiger partial charge in [0.2, 0.25) is 0 Å². The summed E-state index contributed by atoms with van der Waals surface area (Å²) in [7, 11) is 0. The third kappa shape index (κ3) is 3.54. The first-order valence-electron chi connectivity index (χ1n) is 8.38. The van der Waals surface area contributed by atoms with Crippen LogP contribution in [0.25, 0.3) is 0 Å². The molecule has 2 heteroatoms. The van der Waals surface area contributed by atoms with Crippen LogP contribution < -0.4 is 5.32 Å². The summed E-state index contributed by atoms with van der Waals surface area (Å²) in [6.07, 6.45) is 8.41. The van der Waals surface area contributed by atoms with E-state index in [0.29, 0.717) is 6.04 Å². The lowest BCUT2D eigenvalue weighted by atomic mass is 9.81. The second-order valence-corrected chi connectivity index (χ2v) is 6.72. The van der Waals surface area contributed by atoms with Gasteiger partial charge in [-0.15, -0.1) is 0 Å². The van der Waals surface area contributed by atoms with E-state index in [1.807, 2.05) is 0 Å². The van der Waals surface area contributed by atoms with Crippen molar-refractivity contribution < 1.29 is 0 Å². The molecule has 2 nitrogen and oxygen atoms in total. The van der Waals surface area contributed by atoms with E-state index in [1.165, 1.54) is 62.9 Å². The summed E-state index contributed by atoms with van der Waals surface area (Å²) >= 11 is 0. The van der Waals surface area contributed by atoms with E-state index in [2.05, 4.69) is 41.4 Å². The SMILES string of the molecule is CC(CC1CCC1)Nc1ccccc1CN1CCCC1. The van der Waals surface area contributed by atoms with Crippen LogP contribution in [0.5, 0.6) is 0 Å². The molecule has 1 unspecified atom stereocenters. The van der Waals surface area contributed by atoms with E-state index >= 15 is 0 Å². The molecule has 2 aliphatic rings. The van der Waals surface area contributed by atoms with E-state index in [-0.39, 0.29) is 0 Å². The second kappa shape index (κ2) is 6.62. The zero-order valence-electron chi connectivity index (χ0n) is 12.8. The van der Waals surface area contributed by atoms with Crippen molar-refractivity contribution in [2.45, 2.75) is 58.0 Å². The topological polar surface area (TPSA) is 15.3 Å². The van der Waals surface area contributed by atoms with E-state index < -0.39 is 0 Å². The van der Waals surface area contributed by atoms with Crippen LogP contribution in [0, 0.1) is 5.92 Å². The van der Waals surface area contributed by atoms with Gasteiger partial charge in [-0.3, -0.25) is 4.90 Å². The molecule has 1 aliphatic heterocycles. The molecule has 0 spiro atoms. The summed E-state index contributed by atoms with van der Waals surface area (Å²) in [6, 6.07) is 9.47. The molecule has 1 atom stereocenters. The zero-order chi connectivity index (χ0) is 13.8. The molecule has 0 amide bonds. The Morgan fingerprint density at radius 2 is 1.90 bits per heavy atom. The maximum atomic E-state index is 3.76. The maximum Gasteiger partial charge on any atom is 0.0387 e. The Morgan fingerprint density at radius 3 is 2.60 bits per heavy atom. The number of rotatable bonds is 6. The van der Waals surface area contributed by atoms with Gasteiger partial charge in [0.15, 0.2) is 0 Å². The van der Waals surface area contributed by atoms with Crippen molar-refractivity contribution in [3.8, 4) is 0 Å². The minimum Gasteiger partial charge on any atom is -0.382 e. The highest BCUT2D eigenvalue weighted by Gasteiger charge is 2.20. The quantitative estimate of drug-likeness (QED) is 0.832. The molecule has 1 aromatic carbocycles. The van der Waals surface area contributed by atoms with Crippen LogP contribution in [0.4, 0.5) is 5.69 Å². The van der Waals surface area contributed by atoms with Crippen molar-refractivity contribution in [3.63, 3.8) is 0 Å². The van der Waals surface area contributed by atoms with Gasteiger partial charge >= 0.3 is 0 Å². The third-order valence-electron chi connectivity index (χ3n) is 4.92. The minimum atomic E-state index is 0.597. The average Bonchev–Trinajstić information content (AvgIpc) is 2.89. The Hall–Kier alpha value is -1.02. The van der Waals surface area contributed by atoms with Crippen LogP contribution in [-0.4, -0.2) is 24.0 Å². The molecule has 0 bridgehead atoms. The lowest BCUT2D eigenvalue weighted by Gasteiger charge is -2.29.